The lowest BCUT2D eigenvalue weighted by Crippen LogP contribution is -2.30. The summed E-state index contributed by atoms with van der Waals surface area (Å²) in [6.07, 6.45) is 2.33. The van der Waals surface area contributed by atoms with E-state index in [4.69, 9.17) is 4.74 Å². The Labute approximate surface area is 120 Å². The molecule has 0 spiro atoms. The molecule has 106 valence electrons. The summed E-state index contributed by atoms with van der Waals surface area (Å²) in [5.41, 5.74) is 0.450. The zero-order valence-electron chi connectivity index (χ0n) is 12.2. The number of benzene rings is 1. The molecular formula is C17H21NO2. The average Bonchev–Trinajstić information content (AvgIpc) is 2.47. The second kappa shape index (κ2) is 6.06. The lowest BCUT2D eigenvalue weighted by molar-refractivity contribution is 0.0530. The Kier molecular flexibility index (Phi) is 4.40. The fourth-order valence-electron chi connectivity index (χ4n) is 2.44. The SMILES string of the molecule is COc1ccc(C(O)(CC(C)C)c2ccccn2)cc1. The summed E-state index contributed by atoms with van der Waals surface area (Å²) in [6, 6.07) is 13.1. The summed E-state index contributed by atoms with van der Waals surface area (Å²) in [7, 11) is 1.63. The second-order valence-corrected chi connectivity index (χ2v) is 5.40. The van der Waals surface area contributed by atoms with E-state index in [1.165, 1.54) is 0 Å². The van der Waals surface area contributed by atoms with Gasteiger partial charge in [-0.2, -0.15) is 0 Å². The first kappa shape index (κ1) is 14.5. The molecule has 0 aliphatic heterocycles. The third-order valence-electron chi connectivity index (χ3n) is 3.36. The van der Waals surface area contributed by atoms with Gasteiger partial charge in [0.1, 0.15) is 11.4 Å². The van der Waals surface area contributed by atoms with Crippen molar-refractivity contribution in [1.82, 2.24) is 4.98 Å². The molecule has 0 fully saturated rings. The van der Waals surface area contributed by atoms with Crippen molar-refractivity contribution in [3.63, 3.8) is 0 Å². The molecule has 0 bridgehead atoms. The first-order valence-corrected chi connectivity index (χ1v) is 6.84. The molecular weight excluding hydrogens is 250 g/mol. The van der Waals surface area contributed by atoms with Crippen LogP contribution in [0.3, 0.4) is 0 Å². The number of aromatic nitrogens is 1. The predicted octanol–water partition coefficient (Wildman–Crippen LogP) is 3.37. The molecule has 0 radical (unpaired) electrons. The van der Waals surface area contributed by atoms with Crippen LogP contribution in [0.1, 0.15) is 31.5 Å². The molecule has 1 N–H and O–H groups in total. The highest BCUT2D eigenvalue weighted by Crippen LogP contribution is 2.35. The van der Waals surface area contributed by atoms with Crippen LogP contribution in [-0.4, -0.2) is 17.2 Å². The summed E-state index contributed by atoms with van der Waals surface area (Å²) >= 11 is 0. The lowest BCUT2D eigenvalue weighted by atomic mass is 9.82. The third kappa shape index (κ3) is 2.99. The van der Waals surface area contributed by atoms with Crippen molar-refractivity contribution >= 4 is 0 Å². The van der Waals surface area contributed by atoms with Crippen LogP contribution in [0.15, 0.2) is 48.7 Å². The first-order valence-electron chi connectivity index (χ1n) is 6.84. The van der Waals surface area contributed by atoms with Crippen molar-refractivity contribution in [2.24, 2.45) is 5.92 Å². The van der Waals surface area contributed by atoms with Gasteiger partial charge in [0.2, 0.25) is 0 Å². The van der Waals surface area contributed by atoms with Crippen molar-refractivity contribution in [3.05, 3.63) is 59.9 Å². The lowest BCUT2D eigenvalue weighted by Gasteiger charge is -2.30. The maximum Gasteiger partial charge on any atom is 0.132 e. The van der Waals surface area contributed by atoms with Crippen LogP contribution in [-0.2, 0) is 5.60 Å². The Morgan fingerprint density at radius 2 is 1.85 bits per heavy atom. The third-order valence-corrected chi connectivity index (χ3v) is 3.36. The largest absolute Gasteiger partial charge is 0.497 e. The van der Waals surface area contributed by atoms with Gasteiger partial charge in [0.05, 0.1) is 12.8 Å². The fourth-order valence-corrected chi connectivity index (χ4v) is 2.44. The first-order chi connectivity index (χ1) is 9.56. The van der Waals surface area contributed by atoms with E-state index in [1.807, 2.05) is 42.5 Å². The van der Waals surface area contributed by atoms with Crippen LogP contribution in [0.25, 0.3) is 0 Å². The normalized spacial score (nSPS) is 14.1. The van der Waals surface area contributed by atoms with E-state index in [0.29, 0.717) is 18.0 Å². The summed E-state index contributed by atoms with van der Waals surface area (Å²) in [5, 5.41) is 11.2. The summed E-state index contributed by atoms with van der Waals surface area (Å²) < 4.78 is 5.17. The van der Waals surface area contributed by atoms with Crippen LogP contribution >= 0.6 is 0 Å². The molecule has 0 saturated heterocycles. The molecule has 3 nitrogen and oxygen atoms in total. The van der Waals surface area contributed by atoms with E-state index >= 15 is 0 Å². The van der Waals surface area contributed by atoms with E-state index in [9.17, 15) is 5.11 Å². The molecule has 0 aliphatic rings. The molecule has 0 amide bonds. The molecule has 1 unspecified atom stereocenters. The van der Waals surface area contributed by atoms with Crippen molar-refractivity contribution < 1.29 is 9.84 Å². The number of nitrogens with zero attached hydrogens (tertiary/aromatic N) is 1. The van der Waals surface area contributed by atoms with Gasteiger partial charge in [-0.1, -0.05) is 32.0 Å². The molecule has 1 aromatic heterocycles. The quantitative estimate of drug-likeness (QED) is 0.906. The topological polar surface area (TPSA) is 42.4 Å². The number of pyridine rings is 1. The van der Waals surface area contributed by atoms with Crippen LogP contribution in [0.4, 0.5) is 0 Å². The summed E-state index contributed by atoms with van der Waals surface area (Å²) in [5.74, 6) is 1.13. The molecule has 3 heteroatoms. The smallest absolute Gasteiger partial charge is 0.132 e. The second-order valence-electron chi connectivity index (χ2n) is 5.40. The van der Waals surface area contributed by atoms with Gasteiger partial charge in [-0.05, 0) is 42.2 Å². The predicted molar refractivity (Wildman–Crippen MR) is 79.7 cm³/mol. The zero-order valence-corrected chi connectivity index (χ0v) is 12.2. The van der Waals surface area contributed by atoms with Gasteiger partial charge in [-0.25, -0.2) is 0 Å². The van der Waals surface area contributed by atoms with E-state index in [2.05, 4.69) is 18.8 Å². The molecule has 1 atom stereocenters. The van der Waals surface area contributed by atoms with Gasteiger partial charge < -0.3 is 9.84 Å². The van der Waals surface area contributed by atoms with Crippen LogP contribution in [0.2, 0.25) is 0 Å². The zero-order chi connectivity index (χ0) is 14.6. The van der Waals surface area contributed by atoms with Crippen molar-refractivity contribution in [1.29, 1.82) is 0 Å². The van der Waals surface area contributed by atoms with E-state index in [1.54, 1.807) is 13.3 Å². The van der Waals surface area contributed by atoms with Gasteiger partial charge in [0, 0.05) is 6.20 Å². The van der Waals surface area contributed by atoms with Gasteiger partial charge in [-0.15, -0.1) is 0 Å². The fraction of sp³-hybridized carbons (Fsp3) is 0.353. The Morgan fingerprint density at radius 3 is 2.35 bits per heavy atom. The van der Waals surface area contributed by atoms with Gasteiger partial charge in [-0.3, -0.25) is 4.98 Å². The molecule has 2 rings (SSSR count). The molecule has 1 heterocycles. The highest BCUT2D eigenvalue weighted by Gasteiger charge is 2.33. The average molecular weight is 271 g/mol. The van der Waals surface area contributed by atoms with Crippen LogP contribution in [0, 0.1) is 5.92 Å². The Balaban J connectivity index is 2.45. The minimum Gasteiger partial charge on any atom is -0.497 e. The number of rotatable bonds is 5. The molecule has 0 saturated carbocycles. The van der Waals surface area contributed by atoms with Crippen molar-refractivity contribution in [3.8, 4) is 5.75 Å². The number of hydrogen-bond donors (Lipinski definition) is 1. The van der Waals surface area contributed by atoms with E-state index < -0.39 is 5.60 Å². The molecule has 0 aliphatic carbocycles. The van der Waals surface area contributed by atoms with Gasteiger partial charge in [0.15, 0.2) is 0 Å². The maximum absolute atomic E-state index is 11.2. The number of methoxy groups -OCH3 is 1. The number of aliphatic hydroxyl groups is 1. The van der Waals surface area contributed by atoms with Crippen molar-refractivity contribution in [2.45, 2.75) is 25.9 Å². The van der Waals surface area contributed by atoms with Crippen LogP contribution < -0.4 is 4.74 Å². The standard InChI is InChI=1S/C17H21NO2/c1-13(2)12-17(19,16-6-4-5-11-18-16)14-7-9-15(20-3)10-8-14/h4-11,13,19H,12H2,1-3H3. The van der Waals surface area contributed by atoms with Gasteiger partial charge >= 0.3 is 0 Å². The molecule has 1 aromatic carbocycles. The number of ether oxygens (including phenoxy) is 1. The van der Waals surface area contributed by atoms with Gasteiger partial charge in [0.25, 0.3) is 0 Å². The number of hydrogen-bond acceptors (Lipinski definition) is 3. The highest BCUT2D eigenvalue weighted by molar-refractivity contribution is 5.36. The maximum atomic E-state index is 11.2. The van der Waals surface area contributed by atoms with Crippen molar-refractivity contribution in [2.75, 3.05) is 7.11 Å². The Bertz CT molecular complexity index is 537. The van der Waals surface area contributed by atoms with Crippen LogP contribution in [0.5, 0.6) is 5.75 Å². The molecule has 2 aromatic rings. The van der Waals surface area contributed by atoms with E-state index in [0.717, 1.165) is 11.3 Å². The highest BCUT2D eigenvalue weighted by atomic mass is 16.5. The minimum absolute atomic E-state index is 0.351. The van der Waals surface area contributed by atoms with E-state index in [-0.39, 0.29) is 0 Å². The Hall–Kier alpha value is -1.87. The molecule has 20 heavy (non-hydrogen) atoms. The Morgan fingerprint density at radius 1 is 1.15 bits per heavy atom. The summed E-state index contributed by atoms with van der Waals surface area (Å²) in [6.45, 7) is 4.19. The summed E-state index contributed by atoms with van der Waals surface area (Å²) in [4.78, 5) is 4.34. The monoisotopic (exact) mass is 271 g/mol. The minimum atomic E-state index is -1.07.